The second-order valence-corrected chi connectivity index (χ2v) is 5.41. The molecule has 108 valence electrons. The summed E-state index contributed by atoms with van der Waals surface area (Å²) in [4.78, 5) is 1.62. The maximum Gasteiger partial charge on any atom is 0.213 e. The van der Waals surface area contributed by atoms with Crippen LogP contribution in [0.15, 0.2) is 0 Å². The Morgan fingerprint density at radius 2 is 1.67 bits per heavy atom. The van der Waals surface area contributed by atoms with Gasteiger partial charge in [0.05, 0.1) is 12.1 Å². The predicted molar refractivity (Wildman–Crippen MR) is 62.7 cm³/mol. The molecule has 1 fully saturated rings. The van der Waals surface area contributed by atoms with Gasteiger partial charge in [-0.05, 0) is 27.9 Å². The van der Waals surface area contributed by atoms with Gasteiger partial charge in [-0.2, -0.15) is 0 Å². The third-order valence-corrected chi connectivity index (χ3v) is 3.96. The average Bonchev–Trinajstić information content (AvgIpc) is 2.30. The highest BCUT2D eigenvalue weighted by atomic mass is 16.7. The first-order valence-electron chi connectivity index (χ1n) is 5.82. The molecule has 0 spiro atoms. The summed E-state index contributed by atoms with van der Waals surface area (Å²) >= 11 is 0. The number of nitrogens with zero attached hydrogens (tertiary/aromatic N) is 1. The Morgan fingerprint density at radius 1 is 1.17 bits per heavy atom. The molecule has 7 heteroatoms. The van der Waals surface area contributed by atoms with Gasteiger partial charge >= 0.3 is 0 Å². The van der Waals surface area contributed by atoms with Gasteiger partial charge in [0.15, 0.2) is 0 Å². The Morgan fingerprint density at radius 3 is 2.06 bits per heavy atom. The zero-order valence-corrected chi connectivity index (χ0v) is 11.1. The van der Waals surface area contributed by atoms with E-state index in [1.54, 1.807) is 32.8 Å². The molecule has 1 rings (SSSR count). The fourth-order valence-electron chi connectivity index (χ4n) is 1.98. The molecule has 1 aliphatic rings. The first kappa shape index (κ1) is 15.8. The van der Waals surface area contributed by atoms with Crippen molar-refractivity contribution in [1.29, 1.82) is 0 Å². The number of aliphatic hydroxyl groups excluding tert-OH is 4. The molecule has 0 aromatic heterocycles. The highest BCUT2D eigenvalue weighted by Gasteiger charge is 2.60. The molecule has 18 heavy (non-hydrogen) atoms. The van der Waals surface area contributed by atoms with Gasteiger partial charge in [0, 0.05) is 0 Å². The molecule has 7 nitrogen and oxygen atoms in total. The lowest BCUT2D eigenvalue weighted by molar-refractivity contribution is -0.381. The molecule has 1 heterocycles. The second-order valence-electron chi connectivity index (χ2n) is 5.41. The van der Waals surface area contributed by atoms with Gasteiger partial charge in [-0.25, -0.2) is 0 Å². The topological polar surface area (TPSA) is 114 Å². The normalized spacial score (nSPS) is 42.3. The molecule has 0 aromatic carbocycles. The molecular weight excluding hydrogens is 242 g/mol. The van der Waals surface area contributed by atoms with E-state index < -0.39 is 42.3 Å². The van der Waals surface area contributed by atoms with Crippen molar-refractivity contribution in [3.63, 3.8) is 0 Å². The largest absolute Gasteiger partial charge is 0.394 e. The summed E-state index contributed by atoms with van der Waals surface area (Å²) in [5.41, 5.74) is -1.04. The van der Waals surface area contributed by atoms with Gasteiger partial charge in [-0.3, -0.25) is 4.90 Å². The summed E-state index contributed by atoms with van der Waals surface area (Å²) in [6.45, 7) is 2.67. The zero-order chi connectivity index (χ0) is 14.3. The standard InChI is InChI=1S/C11H23NO6/c1-10(2,12(3)4)11(17)9(16)8(15)7(14)6(5-13)18-11/h6-9,13-17H,5H2,1-4H3/t6-,7-,8+,9-,11?/m1/s1. The molecule has 0 amide bonds. The van der Waals surface area contributed by atoms with Crippen LogP contribution in [0.2, 0.25) is 0 Å². The zero-order valence-electron chi connectivity index (χ0n) is 11.1. The van der Waals surface area contributed by atoms with E-state index in [4.69, 9.17) is 9.84 Å². The highest BCUT2D eigenvalue weighted by Crippen LogP contribution is 2.38. The molecule has 5 atom stereocenters. The van der Waals surface area contributed by atoms with Gasteiger partial charge in [-0.15, -0.1) is 0 Å². The summed E-state index contributed by atoms with van der Waals surface area (Å²) < 4.78 is 5.25. The molecule has 0 aromatic rings. The van der Waals surface area contributed by atoms with E-state index in [-0.39, 0.29) is 0 Å². The monoisotopic (exact) mass is 265 g/mol. The van der Waals surface area contributed by atoms with Crippen LogP contribution in [0.5, 0.6) is 0 Å². The molecule has 0 radical (unpaired) electrons. The van der Waals surface area contributed by atoms with Crippen LogP contribution < -0.4 is 0 Å². The van der Waals surface area contributed by atoms with Crippen LogP contribution in [-0.4, -0.2) is 86.9 Å². The lowest BCUT2D eigenvalue weighted by Crippen LogP contribution is -2.74. The molecule has 1 aliphatic heterocycles. The number of aliphatic hydroxyl groups is 5. The summed E-state index contributed by atoms with van der Waals surface area (Å²) in [6, 6.07) is 0. The fourth-order valence-corrected chi connectivity index (χ4v) is 1.98. The van der Waals surface area contributed by atoms with Crippen LogP contribution in [0.1, 0.15) is 13.8 Å². The smallest absolute Gasteiger partial charge is 0.213 e. The maximum absolute atomic E-state index is 10.5. The molecule has 1 saturated heterocycles. The predicted octanol–water partition coefficient (Wildman–Crippen LogP) is -2.51. The van der Waals surface area contributed by atoms with E-state index >= 15 is 0 Å². The molecule has 1 unspecified atom stereocenters. The third kappa shape index (κ3) is 2.16. The minimum atomic E-state index is -2.11. The van der Waals surface area contributed by atoms with Crippen molar-refractivity contribution < 1.29 is 30.3 Å². The number of rotatable bonds is 3. The van der Waals surface area contributed by atoms with Crippen molar-refractivity contribution in [3.05, 3.63) is 0 Å². The van der Waals surface area contributed by atoms with Crippen LogP contribution in [0.3, 0.4) is 0 Å². The summed E-state index contributed by atoms with van der Waals surface area (Å²) in [5.74, 6) is -2.11. The fraction of sp³-hybridized carbons (Fsp3) is 1.00. The molecule has 5 N–H and O–H groups in total. The SMILES string of the molecule is CN(C)C(C)(C)C1(O)O[C@H](CO)[C@@H](O)[C@H](O)[C@H]1O. The van der Waals surface area contributed by atoms with Gasteiger partial charge in [0.1, 0.15) is 24.4 Å². The molecule has 0 aliphatic carbocycles. The Kier molecular flexibility index (Phi) is 4.39. The number of hydrogen-bond donors (Lipinski definition) is 5. The average molecular weight is 265 g/mol. The van der Waals surface area contributed by atoms with Crippen LogP contribution in [0.25, 0.3) is 0 Å². The van der Waals surface area contributed by atoms with Gasteiger partial charge in [-0.1, -0.05) is 0 Å². The number of likely N-dealkylation sites (N-methyl/N-ethyl adjacent to an activating group) is 1. The highest BCUT2D eigenvalue weighted by molar-refractivity contribution is 5.06. The third-order valence-electron chi connectivity index (χ3n) is 3.96. The Balaban J connectivity index is 3.13. The summed E-state index contributed by atoms with van der Waals surface area (Å²) in [7, 11) is 3.36. The first-order valence-corrected chi connectivity index (χ1v) is 5.82. The Labute approximate surface area is 106 Å². The number of hydrogen-bond acceptors (Lipinski definition) is 7. The van der Waals surface area contributed by atoms with Crippen molar-refractivity contribution >= 4 is 0 Å². The minimum Gasteiger partial charge on any atom is -0.394 e. The van der Waals surface area contributed by atoms with E-state index in [0.29, 0.717) is 0 Å². The summed E-state index contributed by atoms with van der Waals surface area (Å²) in [5, 5.41) is 49.0. The van der Waals surface area contributed by atoms with Crippen molar-refractivity contribution in [1.82, 2.24) is 4.90 Å². The molecular formula is C11H23NO6. The van der Waals surface area contributed by atoms with Crippen molar-refractivity contribution in [2.24, 2.45) is 0 Å². The Bertz CT molecular complexity index is 295. The molecule has 0 bridgehead atoms. The summed E-state index contributed by atoms with van der Waals surface area (Å²) in [6.07, 6.45) is -5.90. The van der Waals surface area contributed by atoms with Gasteiger partial charge in [0.2, 0.25) is 5.79 Å². The molecule has 0 saturated carbocycles. The van der Waals surface area contributed by atoms with Crippen LogP contribution in [0, 0.1) is 0 Å². The van der Waals surface area contributed by atoms with Gasteiger partial charge in [0.25, 0.3) is 0 Å². The van der Waals surface area contributed by atoms with Crippen LogP contribution in [-0.2, 0) is 4.74 Å². The first-order chi connectivity index (χ1) is 8.09. The van der Waals surface area contributed by atoms with Crippen molar-refractivity contribution in [3.8, 4) is 0 Å². The lowest BCUT2D eigenvalue weighted by Gasteiger charge is -2.54. The van der Waals surface area contributed by atoms with Crippen molar-refractivity contribution in [2.45, 2.75) is 49.6 Å². The van der Waals surface area contributed by atoms with Gasteiger partial charge < -0.3 is 30.3 Å². The van der Waals surface area contributed by atoms with Crippen LogP contribution in [0.4, 0.5) is 0 Å². The van der Waals surface area contributed by atoms with E-state index in [1.165, 1.54) is 0 Å². The number of ether oxygens (including phenoxy) is 1. The van der Waals surface area contributed by atoms with E-state index in [2.05, 4.69) is 0 Å². The quantitative estimate of drug-likeness (QED) is 0.383. The second kappa shape index (κ2) is 5.01. The lowest BCUT2D eigenvalue weighted by atomic mass is 9.80. The van der Waals surface area contributed by atoms with Crippen LogP contribution >= 0.6 is 0 Å². The van der Waals surface area contributed by atoms with E-state index in [0.717, 1.165) is 0 Å². The van der Waals surface area contributed by atoms with Crippen molar-refractivity contribution in [2.75, 3.05) is 20.7 Å². The Hall–Kier alpha value is -0.280. The van der Waals surface area contributed by atoms with E-state index in [1.807, 2.05) is 0 Å². The van der Waals surface area contributed by atoms with E-state index in [9.17, 15) is 20.4 Å². The minimum absolute atomic E-state index is 0.573. The maximum atomic E-state index is 10.5.